The van der Waals surface area contributed by atoms with E-state index in [1.165, 1.54) is 11.3 Å². The molecule has 108 valence electrons. The Labute approximate surface area is 122 Å². The molecule has 1 amide bonds. The molecule has 0 atom stereocenters. The third kappa shape index (κ3) is 3.91. The molecule has 0 radical (unpaired) electrons. The Morgan fingerprint density at radius 1 is 1.40 bits per heavy atom. The van der Waals surface area contributed by atoms with E-state index < -0.39 is 0 Å². The average Bonchev–Trinajstić information content (AvgIpc) is 2.80. The van der Waals surface area contributed by atoms with Crippen LogP contribution in [0.5, 0.6) is 5.75 Å². The Hall–Kier alpha value is -1.66. The van der Waals surface area contributed by atoms with Crippen molar-refractivity contribution in [2.24, 2.45) is 0 Å². The lowest BCUT2D eigenvalue weighted by Gasteiger charge is -2.01. The summed E-state index contributed by atoms with van der Waals surface area (Å²) in [5, 5.41) is 6.58. The molecule has 0 fully saturated rings. The third-order valence-corrected chi connectivity index (χ3v) is 3.63. The highest BCUT2D eigenvalue weighted by atomic mass is 32.1. The summed E-state index contributed by atoms with van der Waals surface area (Å²) in [6.07, 6.45) is 0.452. The quantitative estimate of drug-likeness (QED) is 0.770. The van der Waals surface area contributed by atoms with Crippen molar-refractivity contribution in [3.05, 3.63) is 18.2 Å². The van der Waals surface area contributed by atoms with Crippen molar-refractivity contribution >= 4 is 32.6 Å². The van der Waals surface area contributed by atoms with Crippen molar-refractivity contribution in [1.29, 1.82) is 0 Å². The highest BCUT2D eigenvalue weighted by molar-refractivity contribution is 7.22. The molecule has 20 heavy (non-hydrogen) atoms. The van der Waals surface area contributed by atoms with Gasteiger partial charge in [-0.25, -0.2) is 4.98 Å². The van der Waals surface area contributed by atoms with Crippen LogP contribution >= 0.6 is 11.3 Å². The Bertz CT molecular complexity index is 583. The SMILES string of the molecule is CCNCCC(=O)Nc1nc2ccc(OCC)cc2s1. The van der Waals surface area contributed by atoms with Crippen molar-refractivity contribution in [2.45, 2.75) is 20.3 Å². The van der Waals surface area contributed by atoms with Gasteiger partial charge in [0.2, 0.25) is 5.91 Å². The van der Waals surface area contributed by atoms with E-state index in [0.717, 1.165) is 22.5 Å². The van der Waals surface area contributed by atoms with Gasteiger partial charge in [-0.2, -0.15) is 0 Å². The van der Waals surface area contributed by atoms with Crippen LogP contribution < -0.4 is 15.4 Å². The van der Waals surface area contributed by atoms with Crippen molar-refractivity contribution in [3.8, 4) is 5.75 Å². The summed E-state index contributed by atoms with van der Waals surface area (Å²) >= 11 is 1.46. The molecule has 0 spiro atoms. The minimum absolute atomic E-state index is 0.0185. The minimum atomic E-state index is -0.0185. The number of nitrogens with one attached hydrogen (secondary N) is 2. The summed E-state index contributed by atoms with van der Waals surface area (Å²) in [6.45, 7) is 6.16. The molecule has 6 heteroatoms. The van der Waals surface area contributed by atoms with E-state index in [-0.39, 0.29) is 5.91 Å². The molecule has 5 nitrogen and oxygen atoms in total. The largest absolute Gasteiger partial charge is 0.494 e. The summed E-state index contributed by atoms with van der Waals surface area (Å²) < 4.78 is 6.47. The second-order valence-corrected chi connectivity index (χ2v) is 5.26. The normalized spacial score (nSPS) is 10.7. The lowest BCUT2D eigenvalue weighted by molar-refractivity contribution is -0.116. The number of hydrogen-bond acceptors (Lipinski definition) is 5. The van der Waals surface area contributed by atoms with Gasteiger partial charge in [-0.3, -0.25) is 4.79 Å². The first-order valence-electron chi connectivity index (χ1n) is 6.77. The first kappa shape index (κ1) is 14.7. The van der Waals surface area contributed by atoms with E-state index >= 15 is 0 Å². The highest BCUT2D eigenvalue weighted by Gasteiger charge is 2.08. The van der Waals surface area contributed by atoms with E-state index in [4.69, 9.17) is 4.74 Å². The zero-order chi connectivity index (χ0) is 14.4. The number of nitrogens with zero attached hydrogens (tertiary/aromatic N) is 1. The lowest BCUT2D eigenvalue weighted by atomic mass is 10.3. The molecule has 1 heterocycles. The molecule has 0 bridgehead atoms. The summed E-state index contributed by atoms with van der Waals surface area (Å²) in [5.41, 5.74) is 0.875. The fourth-order valence-electron chi connectivity index (χ4n) is 1.78. The molecule has 1 aromatic heterocycles. The van der Waals surface area contributed by atoms with Crippen molar-refractivity contribution in [3.63, 3.8) is 0 Å². The van der Waals surface area contributed by atoms with Crippen molar-refractivity contribution in [1.82, 2.24) is 10.3 Å². The molecule has 2 aromatic rings. The standard InChI is InChI=1S/C14H19N3O2S/c1-3-15-8-7-13(18)17-14-16-11-6-5-10(19-4-2)9-12(11)20-14/h5-6,9,15H,3-4,7-8H2,1-2H3,(H,16,17,18). The molecular formula is C14H19N3O2S. The first-order chi connectivity index (χ1) is 9.72. The number of ether oxygens (including phenoxy) is 1. The van der Waals surface area contributed by atoms with Crippen LogP contribution in [0, 0.1) is 0 Å². The second kappa shape index (κ2) is 7.21. The zero-order valence-corrected chi connectivity index (χ0v) is 12.5. The van der Waals surface area contributed by atoms with E-state index in [2.05, 4.69) is 15.6 Å². The maximum Gasteiger partial charge on any atom is 0.227 e. The molecule has 0 saturated heterocycles. The number of benzene rings is 1. The summed E-state index contributed by atoms with van der Waals surface area (Å²) in [4.78, 5) is 16.1. The van der Waals surface area contributed by atoms with Gasteiger partial charge in [0.15, 0.2) is 5.13 Å². The maximum atomic E-state index is 11.7. The molecule has 1 aromatic carbocycles. The van der Waals surface area contributed by atoms with Crippen LogP contribution in [0.25, 0.3) is 10.2 Å². The predicted octanol–water partition coefficient (Wildman–Crippen LogP) is 2.63. The van der Waals surface area contributed by atoms with Crippen LogP contribution in [-0.2, 0) is 4.79 Å². The number of aromatic nitrogens is 1. The van der Waals surface area contributed by atoms with Gasteiger partial charge >= 0.3 is 0 Å². The maximum absolute atomic E-state index is 11.7. The highest BCUT2D eigenvalue weighted by Crippen LogP contribution is 2.29. The number of rotatable bonds is 7. The Balaban J connectivity index is 2.02. The molecule has 2 rings (SSSR count). The zero-order valence-electron chi connectivity index (χ0n) is 11.7. The average molecular weight is 293 g/mol. The minimum Gasteiger partial charge on any atom is -0.494 e. The number of carbonyl (C=O) groups is 1. The monoisotopic (exact) mass is 293 g/mol. The molecule has 2 N–H and O–H groups in total. The van der Waals surface area contributed by atoms with E-state index in [9.17, 15) is 4.79 Å². The fourth-order valence-corrected chi connectivity index (χ4v) is 2.69. The molecule has 0 aliphatic heterocycles. The first-order valence-corrected chi connectivity index (χ1v) is 7.58. The van der Waals surface area contributed by atoms with Gasteiger partial charge in [0.25, 0.3) is 0 Å². The Morgan fingerprint density at radius 2 is 2.25 bits per heavy atom. The fraction of sp³-hybridized carbons (Fsp3) is 0.429. The van der Waals surface area contributed by atoms with Gasteiger partial charge in [0.05, 0.1) is 16.8 Å². The van der Waals surface area contributed by atoms with Crippen LogP contribution in [0.15, 0.2) is 18.2 Å². The van der Waals surface area contributed by atoms with Crippen molar-refractivity contribution < 1.29 is 9.53 Å². The summed E-state index contributed by atoms with van der Waals surface area (Å²) in [6, 6.07) is 5.75. The third-order valence-electron chi connectivity index (χ3n) is 2.70. The van der Waals surface area contributed by atoms with E-state index in [1.807, 2.05) is 32.0 Å². The van der Waals surface area contributed by atoms with Crippen LogP contribution in [0.1, 0.15) is 20.3 Å². The van der Waals surface area contributed by atoms with Crippen LogP contribution in [0.2, 0.25) is 0 Å². The number of carbonyl (C=O) groups excluding carboxylic acids is 1. The van der Waals surface area contributed by atoms with Gasteiger partial charge in [-0.15, -0.1) is 0 Å². The van der Waals surface area contributed by atoms with E-state index in [1.54, 1.807) is 0 Å². The molecule has 0 aliphatic rings. The van der Waals surface area contributed by atoms with Gasteiger partial charge in [0.1, 0.15) is 5.75 Å². The molecule has 0 aliphatic carbocycles. The number of anilines is 1. The lowest BCUT2D eigenvalue weighted by Crippen LogP contribution is -2.21. The number of hydrogen-bond donors (Lipinski definition) is 2. The van der Waals surface area contributed by atoms with Gasteiger partial charge in [-0.05, 0) is 31.7 Å². The van der Waals surface area contributed by atoms with Gasteiger partial charge < -0.3 is 15.4 Å². The second-order valence-electron chi connectivity index (χ2n) is 4.23. The molecule has 0 saturated carbocycles. The van der Waals surface area contributed by atoms with Crippen LogP contribution in [0.3, 0.4) is 0 Å². The Morgan fingerprint density at radius 3 is 3.00 bits per heavy atom. The van der Waals surface area contributed by atoms with Crippen molar-refractivity contribution in [2.75, 3.05) is 25.0 Å². The van der Waals surface area contributed by atoms with E-state index in [0.29, 0.717) is 24.7 Å². The molecular weight excluding hydrogens is 274 g/mol. The summed E-state index contributed by atoms with van der Waals surface area (Å²) in [5.74, 6) is 0.809. The van der Waals surface area contributed by atoms with Gasteiger partial charge in [-0.1, -0.05) is 18.3 Å². The Kier molecular flexibility index (Phi) is 5.31. The summed E-state index contributed by atoms with van der Waals surface area (Å²) in [7, 11) is 0. The van der Waals surface area contributed by atoms with Gasteiger partial charge in [0, 0.05) is 13.0 Å². The molecule has 0 unspecified atom stereocenters. The number of thiazole rings is 1. The number of amides is 1. The van der Waals surface area contributed by atoms with Crippen LogP contribution in [0.4, 0.5) is 5.13 Å². The predicted molar refractivity (Wildman–Crippen MR) is 82.6 cm³/mol. The smallest absolute Gasteiger partial charge is 0.227 e. The number of fused-ring (bicyclic) bond motifs is 1. The van der Waals surface area contributed by atoms with Crippen LogP contribution in [-0.4, -0.2) is 30.6 Å². The topological polar surface area (TPSA) is 63.2 Å².